The van der Waals surface area contributed by atoms with Crippen molar-refractivity contribution in [3.8, 4) is 0 Å². The molecule has 0 saturated heterocycles. The van der Waals surface area contributed by atoms with Crippen molar-refractivity contribution < 1.29 is 4.79 Å². The van der Waals surface area contributed by atoms with Crippen LogP contribution in [0.5, 0.6) is 0 Å². The summed E-state index contributed by atoms with van der Waals surface area (Å²) in [5.74, 6) is 1.38. The summed E-state index contributed by atoms with van der Waals surface area (Å²) in [6.45, 7) is 0. The van der Waals surface area contributed by atoms with E-state index in [1.165, 1.54) is 6.42 Å². The first-order chi connectivity index (χ1) is 13.5. The number of carbonyl (C=O) groups is 1. The Hall–Kier alpha value is -2.20. The second-order valence-electron chi connectivity index (χ2n) is 8.93. The molecule has 144 valence electrons. The van der Waals surface area contributed by atoms with Crippen LogP contribution < -0.4 is 5.32 Å². The Balaban J connectivity index is 1.28. The van der Waals surface area contributed by atoms with E-state index in [0.717, 1.165) is 49.2 Å². The van der Waals surface area contributed by atoms with Gasteiger partial charge in [-0.25, -0.2) is 0 Å². The van der Waals surface area contributed by atoms with Gasteiger partial charge in [0.05, 0.1) is 16.8 Å². The third kappa shape index (κ3) is 3.35. The quantitative estimate of drug-likeness (QED) is 0.460. The first kappa shape index (κ1) is 17.9. The Bertz CT molecular complexity index is 895. The first-order valence-corrected chi connectivity index (χ1v) is 10.5. The predicted octanol–water partition coefficient (Wildman–Crippen LogP) is 6.62. The highest BCUT2D eigenvalue weighted by atomic mass is 35.5. The molecule has 0 aliphatic heterocycles. The zero-order valence-electron chi connectivity index (χ0n) is 15.8. The van der Waals surface area contributed by atoms with Crippen molar-refractivity contribution in [2.45, 2.75) is 43.4 Å². The molecule has 5 heteroatoms. The molecule has 0 radical (unpaired) electrons. The van der Waals surface area contributed by atoms with Crippen LogP contribution in [0.25, 0.3) is 0 Å². The fraction of sp³-hybridized carbons (Fsp3) is 0.435. The van der Waals surface area contributed by atoms with Gasteiger partial charge in [-0.15, -0.1) is 11.6 Å². The van der Waals surface area contributed by atoms with E-state index in [2.05, 4.69) is 15.5 Å². The summed E-state index contributed by atoms with van der Waals surface area (Å²) in [6, 6.07) is 17.2. The molecule has 2 aromatic rings. The second kappa shape index (κ2) is 6.70. The van der Waals surface area contributed by atoms with Gasteiger partial charge < -0.3 is 5.32 Å². The minimum atomic E-state index is -0.280. The number of nitrogens with one attached hydrogen (secondary N) is 1. The first-order valence-electron chi connectivity index (χ1n) is 10.1. The number of hydrogen-bond donors (Lipinski definition) is 1. The molecule has 6 rings (SSSR count). The number of alkyl halides is 1. The van der Waals surface area contributed by atoms with Gasteiger partial charge in [0.2, 0.25) is 5.91 Å². The number of benzene rings is 2. The van der Waals surface area contributed by atoms with Crippen molar-refractivity contribution in [3.63, 3.8) is 0 Å². The average Bonchev–Trinajstić information content (AvgIpc) is 2.66. The Labute approximate surface area is 170 Å². The van der Waals surface area contributed by atoms with Crippen molar-refractivity contribution in [3.05, 3.63) is 54.6 Å². The van der Waals surface area contributed by atoms with E-state index in [4.69, 9.17) is 11.6 Å². The number of amides is 1. The Morgan fingerprint density at radius 2 is 1.50 bits per heavy atom. The van der Waals surface area contributed by atoms with Crippen LogP contribution in [0.3, 0.4) is 0 Å². The van der Waals surface area contributed by atoms with E-state index >= 15 is 0 Å². The standard InChI is InChI=1S/C23H24ClN3O/c24-23-13-16-10-17(14-23)12-22(11-16,15-23)21(28)25-18-6-8-20(9-7-18)27-26-19-4-2-1-3-5-19/h1-9,16-17H,10-15H2,(H,25,28)/t16-,17+,22?,23?. The molecule has 1 N–H and O–H groups in total. The number of anilines is 1. The van der Waals surface area contributed by atoms with E-state index in [9.17, 15) is 4.79 Å². The van der Waals surface area contributed by atoms with Gasteiger partial charge in [-0.1, -0.05) is 18.2 Å². The van der Waals surface area contributed by atoms with Crippen LogP contribution in [0, 0.1) is 17.3 Å². The lowest BCUT2D eigenvalue weighted by atomic mass is 9.49. The van der Waals surface area contributed by atoms with Crippen LogP contribution in [0.15, 0.2) is 64.8 Å². The zero-order valence-corrected chi connectivity index (χ0v) is 16.5. The molecular formula is C23H24ClN3O. The molecule has 1 amide bonds. The predicted molar refractivity (Wildman–Crippen MR) is 111 cm³/mol. The van der Waals surface area contributed by atoms with E-state index in [0.29, 0.717) is 11.8 Å². The van der Waals surface area contributed by atoms with Crippen LogP contribution >= 0.6 is 11.6 Å². The summed E-state index contributed by atoms with van der Waals surface area (Å²) < 4.78 is 0. The summed E-state index contributed by atoms with van der Waals surface area (Å²) in [6.07, 6.45) is 6.23. The fourth-order valence-electron chi connectivity index (χ4n) is 5.90. The minimum Gasteiger partial charge on any atom is -0.326 e. The van der Waals surface area contributed by atoms with Crippen LogP contribution in [-0.2, 0) is 4.79 Å². The molecule has 4 fully saturated rings. The molecule has 28 heavy (non-hydrogen) atoms. The molecule has 4 saturated carbocycles. The van der Waals surface area contributed by atoms with E-state index < -0.39 is 0 Å². The van der Waals surface area contributed by atoms with Gasteiger partial charge in [0.15, 0.2) is 0 Å². The van der Waals surface area contributed by atoms with Crippen molar-refractivity contribution in [2.75, 3.05) is 5.32 Å². The van der Waals surface area contributed by atoms with Gasteiger partial charge in [0.25, 0.3) is 0 Å². The van der Waals surface area contributed by atoms with Crippen molar-refractivity contribution in [1.82, 2.24) is 0 Å². The highest BCUT2D eigenvalue weighted by Gasteiger charge is 2.60. The third-order valence-corrected chi connectivity index (χ3v) is 7.08. The summed E-state index contributed by atoms with van der Waals surface area (Å²) in [5.41, 5.74) is 2.11. The van der Waals surface area contributed by atoms with Crippen LogP contribution in [0.1, 0.15) is 38.5 Å². The number of azo groups is 1. The normalized spacial score (nSPS) is 33.3. The molecule has 4 aliphatic rings. The summed E-state index contributed by atoms with van der Waals surface area (Å²) in [7, 11) is 0. The van der Waals surface area contributed by atoms with Gasteiger partial charge in [-0.05, 0) is 86.8 Å². The topological polar surface area (TPSA) is 53.8 Å². The number of nitrogens with zero attached hydrogens (tertiary/aromatic N) is 2. The number of rotatable bonds is 4. The van der Waals surface area contributed by atoms with Gasteiger partial charge in [-0.2, -0.15) is 10.2 Å². The number of hydrogen-bond acceptors (Lipinski definition) is 3. The zero-order chi connectivity index (χ0) is 19.2. The van der Waals surface area contributed by atoms with Crippen molar-refractivity contribution in [2.24, 2.45) is 27.5 Å². The van der Waals surface area contributed by atoms with E-state index in [-0.39, 0.29) is 16.2 Å². The second-order valence-corrected chi connectivity index (χ2v) is 9.73. The molecule has 4 atom stereocenters. The molecule has 0 spiro atoms. The van der Waals surface area contributed by atoms with Crippen LogP contribution in [0.4, 0.5) is 17.1 Å². The lowest BCUT2D eigenvalue weighted by Crippen LogP contribution is -2.57. The molecule has 4 nitrogen and oxygen atoms in total. The van der Waals surface area contributed by atoms with Gasteiger partial charge in [-0.3, -0.25) is 4.79 Å². The highest BCUT2D eigenvalue weighted by Crippen LogP contribution is 2.64. The van der Waals surface area contributed by atoms with Crippen LogP contribution in [-0.4, -0.2) is 10.8 Å². The van der Waals surface area contributed by atoms with Crippen molar-refractivity contribution in [1.29, 1.82) is 0 Å². The third-order valence-electron chi connectivity index (χ3n) is 6.63. The highest BCUT2D eigenvalue weighted by molar-refractivity contribution is 6.24. The maximum Gasteiger partial charge on any atom is 0.230 e. The number of halogens is 1. The Morgan fingerprint density at radius 3 is 2.11 bits per heavy atom. The molecule has 2 aromatic carbocycles. The Kier molecular flexibility index (Phi) is 4.27. The maximum atomic E-state index is 13.2. The fourth-order valence-corrected chi connectivity index (χ4v) is 6.59. The molecule has 2 unspecified atom stereocenters. The molecule has 0 heterocycles. The summed E-state index contributed by atoms with van der Waals surface area (Å²) in [5, 5.41) is 11.6. The maximum absolute atomic E-state index is 13.2. The smallest absolute Gasteiger partial charge is 0.230 e. The monoisotopic (exact) mass is 393 g/mol. The molecule has 4 bridgehead atoms. The number of carbonyl (C=O) groups excluding carboxylic acids is 1. The van der Waals surface area contributed by atoms with Gasteiger partial charge >= 0.3 is 0 Å². The lowest BCUT2D eigenvalue weighted by Gasteiger charge is -2.59. The Morgan fingerprint density at radius 1 is 0.893 bits per heavy atom. The van der Waals surface area contributed by atoms with E-state index in [1.807, 2.05) is 54.6 Å². The SMILES string of the molecule is O=C(Nc1ccc(N=Nc2ccccc2)cc1)C12C[C@@H]3C[C@@H](CC(Cl)(C3)C1)C2. The van der Waals surface area contributed by atoms with Gasteiger partial charge in [0.1, 0.15) is 0 Å². The lowest BCUT2D eigenvalue weighted by molar-refractivity contribution is -0.138. The average molecular weight is 394 g/mol. The largest absolute Gasteiger partial charge is 0.326 e. The molecular weight excluding hydrogens is 370 g/mol. The minimum absolute atomic E-state index is 0.144. The summed E-state index contributed by atoms with van der Waals surface area (Å²) in [4.78, 5) is 13.0. The molecule has 4 aliphatic carbocycles. The van der Waals surface area contributed by atoms with Crippen LogP contribution in [0.2, 0.25) is 0 Å². The summed E-state index contributed by atoms with van der Waals surface area (Å²) >= 11 is 6.87. The van der Waals surface area contributed by atoms with E-state index in [1.54, 1.807) is 0 Å². The van der Waals surface area contributed by atoms with Gasteiger partial charge in [0, 0.05) is 10.6 Å². The molecule has 0 aromatic heterocycles. The van der Waals surface area contributed by atoms with Crippen molar-refractivity contribution >= 4 is 34.6 Å².